The molecule has 0 radical (unpaired) electrons. The van der Waals surface area contributed by atoms with Crippen LogP contribution in [0.2, 0.25) is 0 Å². The van der Waals surface area contributed by atoms with Gasteiger partial charge < -0.3 is 98.4 Å². The summed E-state index contributed by atoms with van der Waals surface area (Å²) < 4.78 is 0. The van der Waals surface area contributed by atoms with E-state index in [1.807, 2.05) is 6.92 Å². The predicted molar refractivity (Wildman–Crippen MR) is 484 cm³/mol. The first-order chi connectivity index (χ1) is 61.6. The Kier molecular flexibility index (Phi) is 37.2. The Labute approximate surface area is 754 Å². The number of amides is 15. The molecule has 35 heteroatoms. The van der Waals surface area contributed by atoms with Crippen molar-refractivity contribution in [3.05, 3.63) is 203 Å². The van der Waals surface area contributed by atoms with Gasteiger partial charge in [0.1, 0.15) is 84.0 Å². The third-order valence-electron chi connectivity index (χ3n) is 22.9. The number of nitrogens with zero attached hydrogens (tertiary/aromatic N) is 5. The van der Waals surface area contributed by atoms with Crippen LogP contribution in [0.1, 0.15) is 107 Å². The van der Waals surface area contributed by atoms with Gasteiger partial charge in [-0.2, -0.15) is 0 Å². The molecule has 0 unspecified atom stereocenters. The molecule has 15 N–H and O–H groups in total. The zero-order chi connectivity index (χ0) is 93.7. The number of rotatable bonds is 22. The van der Waals surface area contributed by atoms with E-state index in [4.69, 9.17) is 5.73 Å². The van der Waals surface area contributed by atoms with Gasteiger partial charge in [0.2, 0.25) is 88.6 Å². The molecule has 6 aromatic carbocycles. The van der Waals surface area contributed by atoms with Crippen molar-refractivity contribution in [2.45, 2.75) is 184 Å². The number of hydrogen-bond acceptors (Lipinski definition) is 19. The number of aliphatic hydroxyl groups is 1. The van der Waals surface area contributed by atoms with E-state index in [1.165, 1.54) is 91.4 Å². The third kappa shape index (κ3) is 28.7. The summed E-state index contributed by atoms with van der Waals surface area (Å²) in [7, 11) is 5.45. The van der Waals surface area contributed by atoms with Gasteiger partial charge in [-0.05, 0) is 101 Å². The van der Waals surface area contributed by atoms with Crippen LogP contribution < -0.4 is 53.6 Å². The summed E-state index contributed by atoms with van der Waals surface area (Å²) in [6.45, 7) is 6.23. The second-order valence-electron chi connectivity index (χ2n) is 33.6. The number of para-hydroxylation sites is 1. The van der Waals surface area contributed by atoms with Crippen LogP contribution in [0.4, 0.5) is 0 Å². The molecule has 1 aromatic heterocycles. The number of unbranched alkanes of at least 4 members (excludes halogenated alkanes) is 1. The van der Waals surface area contributed by atoms with Crippen molar-refractivity contribution in [1.82, 2.24) is 77.3 Å². The average Bonchev–Trinajstić information content (AvgIpc) is 1.77. The molecule has 0 bridgehead atoms. The van der Waals surface area contributed by atoms with Gasteiger partial charge in [-0.15, -0.1) is 11.8 Å². The number of aromatic amines is 1. The van der Waals surface area contributed by atoms with Crippen LogP contribution in [0.25, 0.3) is 10.9 Å². The monoisotopic (exact) mass is 1790 g/mol. The molecule has 3 heterocycles. The SMILES string of the molecule is CCCC[C@H]1C(=O)N2CCC[C@@H]2C(=O)N[C@@H](CO)C(=O)N[C@@H](C(C)C)C(=O)N(C)[C@@H](Cc2ccccc2)C(=O)N[C@@H](Cc2ccc(O)cc2)C(=O)N(C)CC(=O)N[C@@H](Cc2c[nH]c3ccccc23)C(=O)N[C@@H](Cc2ccc(O)cc2)C(=O)N[C@@H](CC(C)C)C(=O)N[C@H](C(=O)NCC(N)=O)CSCC(=O)N[C@@H](Cc2ccccc2)C(=O)N(C)[C@@H](Cc2ccccc2)C(=O)N1C. The maximum absolute atomic E-state index is 15.7. The lowest BCUT2D eigenvalue weighted by Gasteiger charge is -2.38. The van der Waals surface area contributed by atoms with Crippen LogP contribution in [-0.2, 0) is 110 Å². The number of carbonyl (C=O) groups excluding carboxylic acids is 15. The van der Waals surface area contributed by atoms with Crippen molar-refractivity contribution >= 4 is 111 Å². The number of phenolic OH excluding ortho intramolecular Hbond substituents is 2. The molecular weight excluding hydrogens is 1670 g/mol. The highest BCUT2D eigenvalue weighted by Crippen LogP contribution is 2.27. The first-order valence-electron chi connectivity index (χ1n) is 43.4. The number of nitrogens with one attached hydrogen (secondary N) is 10. The number of aromatic nitrogens is 1. The molecule has 2 aliphatic rings. The second-order valence-corrected chi connectivity index (χ2v) is 34.6. The van der Waals surface area contributed by atoms with E-state index < -0.39 is 192 Å². The zero-order valence-corrected chi connectivity index (χ0v) is 75.0. The standard InChI is InChI=1S/C94H120N16O18S/c1-10-11-32-76-93(127)110-42-23-33-75(110)88(122)103-73(53-111)87(121)105-82(57(4)5)94(128)108(8)77(47-59-26-17-13-18-27-59)89(123)102-71(46-62-36-40-65(113)41-37-62)90(124)106(6)52-80(115)98-70(49-63-50-96-67-31-22-21-30-66(63)67)86(120)101-69(44-61-34-38-64(112)39-35-61)85(119)100-68(43-56(2)3)84(118)104-74(83(117)97-51-79(95)114)54-129-55-81(116)99-72(45-58-24-15-12-16-25-58)91(125)109(9)78(92(126)107(76)7)48-60-28-19-14-20-29-60/h12-22,24-31,34-41,50,56-57,68-78,82,96,111-113H,10-11,23,32-33,42-49,51-55H2,1-9H3,(H2,95,114)(H,97,117)(H,98,115)(H,99,116)(H,100,119)(H,101,120)(H,102,123)(H,103,122)(H,104,118)(H,105,121)/t68-,69-,70-,71-,72-,73-,74-,75+,76-,77-,78-,82-/m0/s1. The number of hydrogen-bond donors (Lipinski definition) is 14. The number of likely N-dealkylation sites (N-methyl/N-ethyl adjacent to an activating group) is 4. The molecule has 2 saturated heterocycles. The summed E-state index contributed by atoms with van der Waals surface area (Å²) in [5, 5.41) is 56.8. The third-order valence-corrected chi connectivity index (χ3v) is 24.0. The average molecular weight is 1790 g/mol. The molecule has 12 atom stereocenters. The van der Waals surface area contributed by atoms with Gasteiger partial charge in [-0.1, -0.05) is 181 Å². The Morgan fingerprint density at radius 3 is 1.53 bits per heavy atom. The lowest BCUT2D eigenvalue weighted by molar-refractivity contribution is -0.152. The number of thioether (sulfide) groups is 1. The highest BCUT2D eigenvalue weighted by atomic mass is 32.2. The van der Waals surface area contributed by atoms with E-state index >= 15 is 38.4 Å². The largest absolute Gasteiger partial charge is 0.508 e. The van der Waals surface area contributed by atoms with Crippen molar-refractivity contribution in [2.24, 2.45) is 17.6 Å². The van der Waals surface area contributed by atoms with E-state index in [0.717, 1.165) is 21.6 Å². The number of aliphatic hydroxyl groups excluding tert-OH is 1. The molecule has 9 rings (SSSR count). The minimum absolute atomic E-state index is 0.0342. The van der Waals surface area contributed by atoms with Gasteiger partial charge in [0.05, 0.1) is 25.4 Å². The molecule has 0 spiro atoms. The number of carbonyl (C=O) groups is 15. The molecule has 690 valence electrons. The van der Waals surface area contributed by atoms with Crippen LogP contribution in [0, 0.1) is 11.8 Å². The maximum atomic E-state index is 15.7. The topological polar surface area (TPSA) is 483 Å². The Hall–Kier alpha value is -13.2. The van der Waals surface area contributed by atoms with Gasteiger partial charge in [-0.25, -0.2) is 0 Å². The summed E-state index contributed by atoms with van der Waals surface area (Å²) in [4.78, 5) is 233. The predicted octanol–water partition coefficient (Wildman–Crippen LogP) is 2.38. The fourth-order valence-electron chi connectivity index (χ4n) is 15.7. The van der Waals surface area contributed by atoms with Crippen molar-refractivity contribution in [1.29, 1.82) is 0 Å². The number of nitrogens with two attached hydrogens (primary N) is 1. The first-order valence-corrected chi connectivity index (χ1v) is 44.5. The summed E-state index contributed by atoms with van der Waals surface area (Å²) in [6.07, 6.45) is 1.86. The van der Waals surface area contributed by atoms with Crippen LogP contribution in [0.5, 0.6) is 11.5 Å². The number of phenols is 2. The maximum Gasteiger partial charge on any atom is 0.246 e. The van der Waals surface area contributed by atoms with Gasteiger partial charge in [0.15, 0.2) is 0 Å². The number of fused-ring (bicyclic) bond motifs is 2. The number of aromatic hydroxyl groups is 2. The molecule has 2 fully saturated rings. The lowest BCUT2D eigenvalue weighted by Crippen LogP contribution is -2.62. The second kappa shape index (κ2) is 48.1. The normalized spacial score (nSPS) is 22.9. The smallest absolute Gasteiger partial charge is 0.246 e. The quantitative estimate of drug-likeness (QED) is 0.0463. The summed E-state index contributed by atoms with van der Waals surface area (Å²) >= 11 is 0.847. The zero-order valence-electron chi connectivity index (χ0n) is 74.2. The van der Waals surface area contributed by atoms with Crippen molar-refractivity contribution in [3.8, 4) is 11.5 Å². The fourth-order valence-corrected chi connectivity index (χ4v) is 16.6. The molecule has 34 nitrogen and oxygen atoms in total. The fraction of sp³-hybridized carbons (Fsp3) is 0.436. The Morgan fingerprint density at radius 1 is 0.488 bits per heavy atom. The number of H-pyrrole nitrogens is 1. The van der Waals surface area contributed by atoms with Gasteiger partial charge >= 0.3 is 0 Å². The minimum Gasteiger partial charge on any atom is -0.508 e. The molecule has 15 amide bonds. The Morgan fingerprint density at radius 2 is 0.969 bits per heavy atom. The molecule has 7 aromatic rings. The Balaban J connectivity index is 1.11. The van der Waals surface area contributed by atoms with Crippen LogP contribution in [-0.4, -0.2) is 272 Å². The minimum atomic E-state index is -1.73. The highest BCUT2D eigenvalue weighted by molar-refractivity contribution is 8.00. The van der Waals surface area contributed by atoms with Gasteiger partial charge in [-0.3, -0.25) is 71.9 Å². The summed E-state index contributed by atoms with van der Waals surface area (Å²) in [6, 6.07) is 27.1. The first kappa shape index (κ1) is 99.6. The lowest BCUT2D eigenvalue weighted by atomic mass is 9.98. The van der Waals surface area contributed by atoms with Crippen LogP contribution >= 0.6 is 11.8 Å². The van der Waals surface area contributed by atoms with Crippen molar-refractivity contribution in [2.75, 3.05) is 65.9 Å². The summed E-state index contributed by atoms with van der Waals surface area (Å²) in [5.41, 5.74) is 9.28. The highest BCUT2D eigenvalue weighted by Gasteiger charge is 2.45. The van der Waals surface area contributed by atoms with E-state index in [1.54, 1.807) is 149 Å². The van der Waals surface area contributed by atoms with Crippen molar-refractivity contribution in [3.63, 3.8) is 0 Å². The number of benzene rings is 6. The van der Waals surface area contributed by atoms with E-state index in [0.29, 0.717) is 63.5 Å². The van der Waals surface area contributed by atoms with Gasteiger partial charge in [0, 0.05) is 96.1 Å². The Bertz CT molecular complexity index is 5050. The molecular formula is C94H120N16O18S. The molecule has 0 aliphatic carbocycles. The van der Waals surface area contributed by atoms with Crippen LogP contribution in [0.15, 0.2) is 170 Å². The van der Waals surface area contributed by atoms with Gasteiger partial charge in [0.25, 0.3) is 0 Å². The number of primary amides is 1. The van der Waals surface area contributed by atoms with Crippen molar-refractivity contribution < 1.29 is 87.2 Å². The van der Waals surface area contributed by atoms with E-state index in [-0.39, 0.29) is 87.5 Å². The molecule has 129 heavy (non-hydrogen) atoms. The van der Waals surface area contributed by atoms with E-state index in [2.05, 4.69) is 52.8 Å². The van der Waals surface area contributed by atoms with Crippen LogP contribution in [0.3, 0.4) is 0 Å². The molecule has 2 aliphatic heterocycles. The van der Waals surface area contributed by atoms with E-state index in [9.17, 15) is 48.9 Å². The molecule has 0 saturated carbocycles. The summed E-state index contributed by atoms with van der Waals surface area (Å²) in [5.74, 6) is -14.9.